The first-order chi connectivity index (χ1) is 17.6. The van der Waals surface area contributed by atoms with Gasteiger partial charge in [-0.1, -0.05) is 0 Å². The van der Waals surface area contributed by atoms with Crippen LogP contribution >= 0.6 is 11.3 Å². The molecule has 0 atom stereocenters. The summed E-state index contributed by atoms with van der Waals surface area (Å²) in [6, 6.07) is 9.71. The highest BCUT2D eigenvalue weighted by atomic mass is 32.1. The van der Waals surface area contributed by atoms with Gasteiger partial charge in [0.25, 0.3) is 5.91 Å². The summed E-state index contributed by atoms with van der Waals surface area (Å²) in [5, 5.41) is 11.9. The first kappa shape index (κ1) is 24.0. The van der Waals surface area contributed by atoms with Crippen LogP contribution in [0, 0.1) is 0 Å². The van der Waals surface area contributed by atoms with E-state index >= 15 is 0 Å². The van der Waals surface area contributed by atoms with Gasteiger partial charge in [-0.15, -0.1) is 11.3 Å². The summed E-state index contributed by atoms with van der Waals surface area (Å²) in [6.07, 6.45) is 1.57. The lowest BCUT2D eigenvalue weighted by atomic mass is 10.2. The molecule has 0 spiro atoms. The summed E-state index contributed by atoms with van der Waals surface area (Å²) in [5.74, 6) is 1.69. The molecule has 1 aromatic carbocycles. The largest absolute Gasteiger partial charge is 0.399 e. The van der Waals surface area contributed by atoms with Crippen molar-refractivity contribution in [2.24, 2.45) is 4.99 Å². The zero-order valence-electron chi connectivity index (χ0n) is 19.9. The Morgan fingerprint density at radius 1 is 1.28 bits per heavy atom. The van der Waals surface area contributed by atoms with E-state index in [0.29, 0.717) is 49.3 Å². The highest BCUT2D eigenvalue weighted by Gasteiger charge is 2.22. The number of anilines is 2. The molecule has 2 aliphatic heterocycles. The molecule has 3 aromatic rings. The Balaban J connectivity index is 1.45. The molecule has 1 fully saturated rings. The van der Waals surface area contributed by atoms with Crippen LogP contribution in [0.5, 0.6) is 0 Å². The number of hydroxylamine groups is 1. The van der Waals surface area contributed by atoms with Crippen LogP contribution in [0.15, 0.2) is 47.1 Å². The number of aromatic nitrogens is 2. The lowest BCUT2D eigenvalue weighted by Crippen LogP contribution is -2.41. The van der Waals surface area contributed by atoms with E-state index in [0.717, 1.165) is 39.6 Å². The summed E-state index contributed by atoms with van der Waals surface area (Å²) in [7, 11) is 0. The second kappa shape index (κ2) is 10.5. The van der Waals surface area contributed by atoms with Gasteiger partial charge in [-0.3, -0.25) is 10.0 Å². The molecule has 0 saturated carbocycles. The third kappa shape index (κ3) is 4.96. The Labute approximate surface area is 212 Å². The van der Waals surface area contributed by atoms with E-state index in [9.17, 15) is 4.79 Å². The Hall–Kier alpha value is -3.74. The smallest absolute Gasteiger partial charge is 0.273 e. The number of nitrogens with zero attached hydrogens (tertiary/aromatic N) is 5. The number of carbonyl (C=O) groups excluding carboxylic acids is 1. The first-order valence-electron chi connectivity index (χ1n) is 11.7. The number of benzene rings is 1. The third-order valence-corrected chi connectivity index (χ3v) is 7.19. The van der Waals surface area contributed by atoms with Crippen LogP contribution in [0.4, 0.5) is 11.5 Å². The van der Waals surface area contributed by atoms with Crippen LogP contribution in [0.25, 0.3) is 21.6 Å². The summed E-state index contributed by atoms with van der Waals surface area (Å²) in [6.45, 7) is 6.47. The zero-order chi connectivity index (χ0) is 25.1. The first-order valence-corrected chi connectivity index (χ1v) is 12.6. The molecule has 5 N–H and O–H groups in total. The number of guanidine groups is 1. The maximum Gasteiger partial charge on any atom is 0.273 e. The van der Waals surface area contributed by atoms with Crippen molar-refractivity contribution in [1.82, 2.24) is 25.7 Å². The molecule has 0 radical (unpaired) electrons. The number of fused-ring (bicyclic) bond motifs is 1. The van der Waals surface area contributed by atoms with Crippen LogP contribution < -0.4 is 21.4 Å². The average Bonchev–Trinajstić information content (AvgIpc) is 3.34. The van der Waals surface area contributed by atoms with Crippen molar-refractivity contribution < 1.29 is 14.7 Å². The van der Waals surface area contributed by atoms with Crippen LogP contribution in [0.2, 0.25) is 0 Å². The fourth-order valence-electron chi connectivity index (χ4n) is 4.12. The molecule has 2 aliphatic rings. The van der Waals surface area contributed by atoms with Gasteiger partial charge < -0.3 is 25.6 Å². The number of aliphatic imine (C=N–C) groups is 1. The SMILES string of the molecule is CCN(Cc1cc2nc(-c3ccc(N)cc3)nc(N3CCOCC3)c2s1)C1=NCC(C(=O)NO)=CN1. The van der Waals surface area contributed by atoms with Crippen molar-refractivity contribution in [3.8, 4) is 11.4 Å². The van der Waals surface area contributed by atoms with E-state index in [4.69, 9.17) is 25.6 Å². The van der Waals surface area contributed by atoms with E-state index in [2.05, 4.69) is 33.1 Å². The molecule has 0 bridgehead atoms. The average molecular weight is 509 g/mol. The van der Waals surface area contributed by atoms with Crippen LogP contribution in [-0.4, -0.2) is 71.3 Å². The number of carbonyl (C=O) groups is 1. The minimum Gasteiger partial charge on any atom is -0.399 e. The van der Waals surface area contributed by atoms with Gasteiger partial charge in [0.05, 0.1) is 42.1 Å². The van der Waals surface area contributed by atoms with Gasteiger partial charge in [-0.25, -0.2) is 20.4 Å². The summed E-state index contributed by atoms with van der Waals surface area (Å²) in [4.78, 5) is 31.5. The summed E-state index contributed by atoms with van der Waals surface area (Å²) in [5.41, 5.74) is 10.4. The molecule has 1 saturated heterocycles. The standard InChI is InChI=1S/C24H28N8O3S/c1-2-31(24-26-12-16(13-27-24)23(33)30-34)14-18-11-19-20(36-18)22(32-7-9-35-10-8-32)29-21(28-19)15-3-5-17(25)6-4-15/h3-6,11-12,34H,2,7-10,13-14,25H2,1H3,(H,26,27)(H,30,33). The summed E-state index contributed by atoms with van der Waals surface area (Å²) < 4.78 is 6.61. The quantitative estimate of drug-likeness (QED) is 0.223. The van der Waals surface area contributed by atoms with Crippen molar-refractivity contribution in [2.75, 3.05) is 50.0 Å². The van der Waals surface area contributed by atoms with Crippen LogP contribution in [0.1, 0.15) is 11.8 Å². The Bertz CT molecular complexity index is 1310. The molecular formula is C24H28N8O3S. The lowest BCUT2D eigenvalue weighted by molar-refractivity contribution is -0.125. The van der Waals surface area contributed by atoms with Gasteiger partial charge in [0.2, 0.25) is 0 Å². The molecule has 36 heavy (non-hydrogen) atoms. The highest BCUT2D eigenvalue weighted by molar-refractivity contribution is 7.19. The predicted octanol–water partition coefficient (Wildman–Crippen LogP) is 1.95. The molecule has 12 heteroatoms. The number of rotatable bonds is 6. The minimum absolute atomic E-state index is 0.190. The van der Waals surface area contributed by atoms with Crippen molar-refractivity contribution in [2.45, 2.75) is 13.5 Å². The number of hydrogen-bond donors (Lipinski definition) is 4. The Kier molecular flexibility index (Phi) is 6.98. The van der Waals surface area contributed by atoms with Crippen molar-refractivity contribution in [3.63, 3.8) is 0 Å². The van der Waals surface area contributed by atoms with Gasteiger partial charge in [-0.05, 0) is 37.3 Å². The molecule has 1 amide bonds. The Morgan fingerprint density at radius 2 is 2.06 bits per heavy atom. The highest BCUT2D eigenvalue weighted by Crippen LogP contribution is 2.35. The van der Waals surface area contributed by atoms with Gasteiger partial charge in [0, 0.05) is 42.0 Å². The van der Waals surface area contributed by atoms with E-state index in [1.165, 1.54) is 0 Å². The van der Waals surface area contributed by atoms with Crippen molar-refractivity contribution in [3.05, 3.63) is 47.0 Å². The fraction of sp³-hybridized carbons (Fsp3) is 0.333. The maximum atomic E-state index is 11.6. The number of amides is 1. The molecule has 11 nitrogen and oxygen atoms in total. The topological polar surface area (TPSA) is 141 Å². The Morgan fingerprint density at radius 3 is 2.72 bits per heavy atom. The van der Waals surface area contributed by atoms with Gasteiger partial charge in [-0.2, -0.15) is 0 Å². The van der Waals surface area contributed by atoms with Crippen LogP contribution in [-0.2, 0) is 16.1 Å². The van der Waals surface area contributed by atoms with Crippen LogP contribution in [0.3, 0.4) is 0 Å². The maximum absolute atomic E-state index is 11.6. The van der Waals surface area contributed by atoms with E-state index in [1.54, 1.807) is 23.0 Å². The normalized spacial score (nSPS) is 15.8. The number of hydrogen-bond acceptors (Lipinski definition) is 11. The molecular weight excluding hydrogens is 480 g/mol. The second-order valence-electron chi connectivity index (χ2n) is 8.43. The zero-order valence-corrected chi connectivity index (χ0v) is 20.7. The number of nitrogens with one attached hydrogen (secondary N) is 2. The van der Waals surface area contributed by atoms with Gasteiger partial charge in [0.1, 0.15) is 0 Å². The number of ether oxygens (including phenoxy) is 1. The minimum atomic E-state index is -0.566. The lowest BCUT2D eigenvalue weighted by Gasteiger charge is -2.28. The fourth-order valence-corrected chi connectivity index (χ4v) is 5.25. The monoisotopic (exact) mass is 508 g/mol. The molecule has 0 unspecified atom stereocenters. The van der Waals surface area contributed by atoms with Gasteiger partial charge >= 0.3 is 0 Å². The van der Waals surface area contributed by atoms with Crippen molar-refractivity contribution >= 4 is 44.9 Å². The number of morpholine rings is 1. The van der Waals surface area contributed by atoms with Gasteiger partial charge in [0.15, 0.2) is 17.6 Å². The third-order valence-electron chi connectivity index (χ3n) is 6.08. The molecule has 0 aliphatic carbocycles. The molecule has 2 aromatic heterocycles. The summed E-state index contributed by atoms with van der Waals surface area (Å²) >= 11 is 1.68. The van der Waals surface area contributed by atoms with E-state index in [1.807, 2.05) is 24.3 Å². The van der Waals surface area contributed by atoms with E-state index < -0.39 is 5.91 Å². The van der Waals surface area contributed by atoms with E-state index in [-0.39, 0.29) is 6.54 Å². The number of thiophene rings is 1. The molecule has 4 heterocycles. The molecule has 5 rings (SSSR count). The molecule has 188 valence electrons. The second-order valence-corrected chi connectivity index (χ2v) is 9.56. The number of nitrogen functional groups attached to an aromatic ring is 1. The predicted molar refractivity (Wildman–Crippen MR) is 140 cm³/mol. The van der Waals surface area contributed by atoms with Crippen molar-refractivity contribution in [1.29, 1.82) is 0 Å². The number of nitrogens with two attached hydrogens (primary N) is 1.